The average Bonchev–Trinajstić information content (AvgIpc) is 3.16. The summed E-state index contributed by atoms with van der Waals surface area (Å²) in [5.41, 5.74) is 5.30. The molecule has 10 nitrogen and oxygen atoms in total. The van der Waals surface area contributed by atoms with Gasteiger partial charge in [0.05, 0.1) is 24.9 Å². The van der Waals surface area contributed by atoms with Crippen molar-refractivity contribution < 1.29 is 33.7 Å². The fourth-order valence-electron chi connectivity index (χ4n) is 8.36. The number of piperidine rings is 1. The monoisotopic (exact) mass is 739 g/mol. The molecule has 2 aliphatic heterocycles. The van der Waals surface area contributed by atoms with Crippen molar-refractivity contribution in [3.8, 4) is 11.1 Å². The summed E-state index contributed by atoms with van der Waals surface area (Å²) in [4.78, 5) is 40.1. The Hall–Kier alpha value is -4.09. The first kappa shape index (κ1) is 39.6. The van der Waals surface area contributed by atoms with Gasteiger partial charge >= 0.3 is 5.97 Å². The Kier molecular flexibility index (Phi) is 12.9. The number of benzene rings is 3. The van der Waals surface area contributed by atoms with Gasteiger partial charge in [-0.05, 0) is 99.2 Å². The number of nitrogens with zero attached hydrogens (tertiary/aromatic N) is 1. The summed E-state index contributed by atoms with van der Waals surface area (Å²) in [6.07, 6.45) is 5.33. The molecule has 54 heavy (non-hydrogen) atoms. The molecule has 2 amide bonds. The lowest BCUT2D eigenvalue weighted by Crippen LogP contribution is -2.61. The zero-order valence-electron chi connectivity index (χ0n) is 32.4. The lowest BCUT2D eigenvalue weighted by Gasteiger charge is -2.50. The summed E-state index contributed by atoms with van der Waals surface area (Å²) in [6, 6.07) is 24.2. The van der Waals surface area contributed by atoms with E-state index in [1.54, 1.807) is 6.92 Å². The maximum Gasteiger partial charge on any atom is 0.303 e. The van der Waals surface area contributed by atoms with Crippen molar-refractivity contribution in [3.63, 3.8) is 0 Å². The third-order valence-electron chi connectivity index (χ3n) is 10.9. The van der Waals surface area contributed by atoms with Crippen LogP contribution >= 0.6 is 0 Å². The van der Waals surface area contributed by atoms with E-state index in [2.05, 4.69) is 21.6 Å². The smallest absolute Gasteiger partial charge is 0.303 e. The molecule has 290 valence electrons. The average molecular weight is 740 g/mol. The molecule has 1 saturated carbocycles. The van der Waals surface area contributed by atoms with Crippen molar-refractivity contribution >= 4 is 17.8 Å². The van der Waals surface area contributed by atoms with Gasteiger partial charge in [0.2, 0.25) is 5.91 Å². The highest BCUT2D eigenvalue weighted by molar-refractivity contribution is 5.83. The lowest BCUT2D eigenvalue weighted by molar-refractivity contribution is -0.255. The number of ether oxygens (including phenoxy) is 3. The molecular weight excluding hydrogens is 682 g/mol. The standard InChI is InChI=1S/C44H57N3O7/c1-28(52-29(2)49)41(50)45-25-31-10-8-12-34(22-31)35-13-9-14-36(23-35)43-53-37(24-40(54-43)33-18-16-30(27-48)17-19-33)26-47-38-15-7-6-11-32(38)20-21-39(47)42(51)46-44(3,4)5/h8-10,12-14,16-19,22-23,28,32,37-40,43,48H,6-7,11,15,20-21,24-27H2,1-5H3,(H,45,50)(H,46,51). The van der Waals surface area contributed by atoms with Gasteiger partial charge in [-0.1, -0.05) is 73.5 Å². The Balaban J connectivity index is 1.25. The van der Waals surface area contributed by atoms with E-state index in [1.165, 1.54) is 26.2 Å². The van der Waals surface area contributed by atoms with Crippen LogP contribution in [0.5, 0.6) is 0 Å². The van der Waals surface area contributed by atoms with Crippen molar-refractivity contribution in [2.75, 3.05) is 6.54 Å². The third kappa shape index (κ3) is 10.2. The zero-order valence-corrected chi connectivity index (χ0v) is 32.4. The molecule has 7 atom stereocenters. The number of hydrogen-bond acceptors (Lipinski definition) is 8. The topological polar surface area (TPSA) is 126 Å². The van der Waals surface area contributed by atoms with E-state index in [0.29, 0.717) is 31.5 Å². The normalized spacial score (nSPS) is 25.2. The first-order valence-electron chi connectivity index (χ1n) is 19.6. The summed E-state index contributed by atoms with van der Waals surface area (Å²) in [5, 5.41) is 15.8. The number of rotatable bonds is 11. The van der Waals surface area contributed by atoms with E-state index >= 15 is 0 Å². The van der Waals surface area contributed by atoms with Crippen LogP contribution in [0.3, 0.4) is 0 Å². The number of aliphatic hydroxyl groups excluding tert-OH is 1. The predicted molar refractivity (Wildman–Crippen MR) is 207 cm³/mol. The first-order chi connectivity index (χ1) is 25.9. The highest BCUT2D eigenvalue weighted by Gasteiger charge is 2.44. The maximum atomic E-state index is 13.8. The molecule has 2 saturated heterocycles. The molecule has 0 bridgehead atoms. The zero-order chi connectivity index (χ0) is 38.4. The van der Waals surface area contributed by atoms with Crippen LogP contribution in [0.25, 0.3) is 11.1 Å². The van der Waals surface area contributed by atoms with Gasteiger partial charge in [-0.25, -0.2) is 0 Å². The molecule has 3 aliphatic rings. The van der Waals surface area contributed by atoms with Gasteiger partial charge in [0, 0.05) is 43.6 Å². The number of likely N-dealkylation sites (tertiary alicyclic amines) is 1. The Bertz CT molecular complexity index is 1760. The molecule has 3 aromatic carbocycles. The fraction of sp³-hybridized carbons (Fsp3) is 0.523. The van der Waals surface area contributed by atoms with Gasteiger partial charge in [0.1, 0.15) is 0 Å². The summed E-state index contributed by atoms with van der Waals surface area (Å²) in [6.45, 7) is 9.85. The molecule has 1 aliphatic carbocycles. The summed E-state index contributed by atoms with van der Waals surface area (Å²) >= 11 is 0. The number of aliphatic hydroxyl groups is 1. The van der Waals surface area contributed by atoms with Crippen molar-refractivity contribution in [2.24, 2.45) is 5.92 Å². The van der Waals surface area contributed by atoms with Crippen LogP contribution in [0, 0.1) is 5.92 Å². The van der Waals surface area contributed by atoms with Crippen LogP contribution in [-0.4, -0.2) is 64.2 Å². The predicted octanol–water partition coefficient (Wildman–Crippen LogP) is 6.90. The van der Waals surface area contributed by atoms with Crippen LogP contribution in [0.1, 0.15) is 114 Å². The van der Waals surface area contributed by atoms with Crippen molar-refractivity contribution in [1.82, 2.24) is 15.5 Å². The second-order valence-electron chi connectivity index (χ2n) is 16.3. The number of carbonyl (C=O) groups excluding carboxylic acids is 3. The molecule has 2 heterocycles. The summed E-state index contributed by atoms with van der Waals surface area (Å²) < 4.78 is 18.7. The molecule has 6 rings (SSSR count). The van der Waals surface area contributed by atoms with E-state index in [-0.39, 0.29) is 42.2 Å². The minimum atomic E-state index is -0.872. The van der Waals surface area contributed by atoms with Gasteiger partial charge in [-0.3, -0.25) is 19.3 Å². The van der Waals surface area contributed by atoms with Crippen LogP contribution in [0.4, 0.5) is 0 Å². The van der Waals surface area contributed by atoms with E-state index in [4.69, 9.17) is 14.2 Å². The quantitative estimate of drug-likeness (QED) is 0.182. The van der Waals surface area contributed by atoms with Gasteiger partial charge in [0.15, 0.2) is 12.4 Å². The van der Waals surface area contributed by atoms with Crippen molar-refractivity contribution in [3.05, 3.63) is 95.1 Å². The second kappa shape index (κ2) is 17.6. The molecule has 10 heteroatoms. The third-order valence-corrected chi connectivity index (χ3v) is 10.9. The number of carbonyl (C=O) groups is 3. The number of esters is 1. The molecule has 0 radical (unpaired) electrons. The Morgan fingerprint density at radius 3 is 2.33 bits per heavy atom. The highest BCUT2D eigenvalue weighted by atomic mass is 16.7. The minimum Gasteiger partial charge on any atom is -0.453 e. The molecule has 3 N–H and O–H groups in total. The number of hydrogen-bond donors (Lipinski definition) is 3. The van der Waals surface area contributed by atoms with Gasteiger partial charge in [0.25, 0.3) is 5.91 Å². The van der Waals surface area contributed by atoms with E-state index in [0.717, 1.165) is 52.6 Å². The Morgan fingerprint density at radius 2 is 1.61 bits per heavy atom. The molecule has 3 aromatic rings. The van der Waals surface area contributed by atoms with E-state index < -0.39 is 18.4 Å². The van der Waals surface area contributed by atoms with Gasteiger partial charge in [-0.15, -0.1) is 0 Å². The van der Waals surface area contributed by atoms with Gasteiger partial charge in [-0.2, -0.15) is 0 Å². The maximum absolute atomic E-state index is 13.8. The molecule has 0 spiro atoms. The Labute approximate surface area is 319 Å². The number of amides is 2. The highest BCUT2D eigenvalue weighted by Crippen LogP contribution is 2.42. The second-order valence-corrected chi connectivity index (χ2v) is 16.3. The van der Waals surface area contributed by atoms with E-state index in [9.17, 15) is 19.5 Å². The van der Waals surface area contributed by atoms with Crippen LogP contribution in [0.15, 0.2) is 72.8 Å². The van der Waals surface area contributed by atoms with Crippen LogP contribution in [-0.2, 0) is 41.7 Å². The number of fused-ring (bicyclic) bond motifs is 1. The lowest BCUT2D eigenvalue weighted by atomic mass is 9.75. The summed E-state index contributed by atoms with van der Waals surface area (Å²) in [5.74, 6) is -0.170. The minimum absolute atomic E-state index is 0.0243. The van der Waals surface area contributed by atoms with Crippen LogP contribution < -0.4 is 10.6 Å². The number of nitrogens with one attached hydrogen (secondary N) is 2. The Morgan fingerprint density at radius 1 is 0.889 bits per heavy atom. The molecule has 3 fully saturated rings. The molecule has 7 unspecified atom stereocenters. The van der Waals surface area contributed by atoms with Gasteiger partial charge < -0.3 is 30.0 Å². The first-order valence-corrected chi connectivity index (χ1v) is 19.6. The summed E-state index contributed by atoms with van der Waals surface area (Å²) in [7, 11) is 0. The van der Waals surface area contributed by atoms with Crippen molar-refractivity contribution in [2.45, 2.75) is 135 Å². The SMILES string of the molecule is CC(=O)OC(C)C(=O)NCc1cccc(-c2cccc(C3OC(CN4C(C(=O)NC(C)(C)C)CCC5CCCCC54)CC(c4ccc(CO)cc4)O3)c2)c1. The molecule has 0 aromatic heterocycles. The van der Waals surface area contributed by atoms with Crippen molar-refractivity contribution in [1.29, 1.82) is 0 Å². The molecular formula is C44H57N3O7. The largest absolute Gasteiger partial charge is 0.453 e. The van der Waals surface area contributed by atoms with Crippen LogP contribution in [0.2, 0.25) is 0 Å². The fourth-order valence-corrected chi connectivity index (χ4v) is 8.36. The van der Waals surface area contributed by atoms with E-state index in [1.807, 2.05) is 87.5 Å².